The number of nitrogens with one attached hydrogen (secondary N) is 1. The lowest BCUT2D eigenvalue weighted by molar-refractivity contribution is -0.0983. The Morgan fingerprint density at radius 2 is 1.90 bits per heavy atom. The third-order valence-electron chi connectivity index (χ3n) is 5.39. The molecular formula is C18H33NO. The van der Waals surface area contributed by atoms with Crippen molar-refractivity contribution < 1.29 is 4.74 Å². The third-order valence-corrected chi connectivity index (χ3v) is 5.39. The molecule has 0 heterocycles. The van der Waals surface area contributed by atoms with Crippen LogP contribution in [0.25, 0.3) is 0 Å². The first-order valence-corrected chi connectivity index (χ1v) is 8.53. The van der Waals surface area contributed by atoms with Crippen LogP contribution in [0.2, 0.25) is 0 Å². The van der Waals surface area contributed by atoms with Crippen molar-refractivity contribution in [2.75, 3.05) is 13.7 Å². The molecule has 2 aliphatic rings. The van der Waals surface area contributed by atoms with E-state index in [1.165, 1.54) is 51.4 Å². The number of rotatable bonds is 5. The minimum atomic E-state index is 0.0300. The maximum Gasteiger partial charge on any atom is 0.0873 e. The van der Waals surface area contributed by atoms with E-state index >= 15 is 0 Å². The van der Waals surface area contributed by atoms with Crippen LogP contribution in [-0.2, 0) is 4.74 Å². The molecule has 0 bridgehead atoms. The van der Waals surface area contributed by atoms with Gasteiger partial charge in [0.25, 0.3) is 0 Å². The first kappa shape index (κ1) is 16.0. The SMILES string of the molecule is CCOC1(C(NC)C2=CCCCC2)CCC(C)(C)CC1. The standard InChI is InChI=1S/C18H33NO/c1-5-20-18(13-11-17(2,3)12-14-18)16(19-4)15-9-7-6-8-10-15/h9,16,19H,5-8,10-14H2,1-4H3. The van der Waals surface area contributed by atoms with Gasteiger partial charge in [-0.3, -0.25) is 0 Å². The molecule has 0 aromatic heterocycles. The van der Waals surface area contributed by atoms with Crippen molar-refractivity contribution in [3.05, 3.63) is 11.6 Å². The fraction of sp³-hybridized carbons (Fsp3) is 0.889. The van der Waals surface area contributed by atoms with Crippen LogP contribution in [0.4, 0.5) is 0 Å². The number of allylic oxidation sites excluding steroid dienone is 1. The Morgan fingerprint density at radius 3 is 2.40 bits per heavy atom. The van der Waals surface area contributed by atoms with Gasteiger partial charge in [-0.1, -0.05) is 25.5 Å². The van der Waals surface area contributed by atoms with Crippen LogP contribution in [0.1, 0.15) is 72.1 Å². The zero-order valence-electron chi connectivity index (χ0n) is 13.9. The second kappa shape index (κ2) is 6.62. The predicted molar refractivity (Wildman–Crippen MR) is 86.0 cm³/mol. The molecule has 1 unspecified atom stereocenters. The highest BCUT2D eigenvalue weighted by molar-refractivity contribution is 5.20. The molecule has 2 rings (SSSR count). The predicted octanol–water partition coefficient (Wildman–Crippen LogP) is 4.45. The van der Waals surface area contributed by atoms with Gasteiger partial charge in [0.15, 0.2) is 0 Å². The second-order valence-corrected chi connectivity index (χ2v) is 7.41. The van der Waals surface area contributed by atoms with Crippen molar-refractivity contribution in [3.8, 4) is 0 Å². The average molecular weight is 279 g/mol. The van der Waals surface area contributed by atoms with Crippen molar-refractivity contribution in [1.82, 2.24) is 5.32 Å². The summed E-state index contributed by atoms with van der Waals surface area (Å²) < 4.78 is 6.37. The summed E-state index contributed by atoms with van der Waals surface area (Å²) >= 11 is 0. The van der Waals surface area contributed by atoms with E-state index in [0.29, 0.717) is 11.5 Å². The van der Waals surface area contributed by atoms with Gasteiger partial charge in [0, 0.05) is 6.61 Å². The number of hydrogen-bond acceptors (Lipinski definition) is 2. The van der Waals surface area contributed by atoms with Gasteiger partial charge in [0.2, 0.25) is 0 Å². The lowest BCUT2D eigenvalue weighted by atomic mass is 9.66. The molecule has 1 atom stereocenters. The van der Waals surface area contributed by atoms with Crippen molar-refractivity contribution in [3.63, 3.8) is 0 Å². The van der Waals surface area contributed by atoms with Gasteiger partial charge in [-0.25, -0.2) is 0 Å². The molecule has 2 nitrogen and oxygen atoms in total. The normalized spacial score (nSPS) is 26.9. The van der Waals surface area contributed by atoms with Gasteiger partial charge < -0.3 is 10.1 Å². The molecule has 116 valence electrons. The van der Waals surface area contributed by atoms with Gasteiger partial charge in [-0.05, 0) is 70.8 Å². The highest BCUT2D eigenvalue weighted by Gasteiger charge is 2.45. The molecule has 1 fully saturated rings. The summed E-state index contributed by atoms with van der Waals surface area (Å²) in [7, 11) is 2.11. The van der Waals surface area contributed by atoms with E-state index in [1.54, 1.807) is 5.57 Å². The van der Waals surface area contributed by atoms with E-state index in [-0.39, 0.29) is 5.60 Å². The highest BCUT2D eigenvalue weighted by Crippen LogP contribution is 2.45. The summed E-state index contributed by atoms with van der Waals surface area (Å²) in [6, 6.07) is 0.416. The van der Waals surface area contributed by atoms with Gasteiger partial charge in [-0.2, -0.15) is 0 Å². The van der Waals surface area contributed by atoms with Gasteiger partial charge in [0.1, 0.15) is 0 Å². The van der Waals surface area contributed by atoms with Crippen molar-refractivity contribution >= 4 is 0 Å². The highest BCUT2D eigenvalue weighted by atomic mass is 16.5. The Labute approximate surface area is 125 Å². The lowest BCUT2D eigenvalue weighted by Gasteiger charge is -2.48. The molecule has 1 saturated carbocycles. The van der Waals surface area contributed by atoms with Crippen LogP contribution >= 0.6 is 0 Å². The summed E-state index contributed by atoms with van der Waals surface area (Å²) in [5, 5.41) is 3.60. The van der Waals surface area contributed by atoms with E-state index in [9.17, 15) is 0 Å². The fourth-order valence-electron chi connectivity index (χ4n) is 4.07. The minimum absolute atomic E-state index is 0.0300. The molecule has 1 N–H and O–H groups in total. The maximum atomic E-state index is 6.37. The Hall–Kier alpha value is -0.340. The maximum absolute atomic E-state index is 6.37. The Bertz CT molecular complexity index is 335. The number of hydrogen-bond donors (Lipinski definition) is 1. The summed E-state index contributed by atoms with van der Waals surface area (Å²) in [6.07, 6.45) is 12.6. The molecule has 0 spiro atoms. The lowest BCUT2D eigenvalue weighted by Crippen LogP contribution is -2.55. The monoisotopic (exact) mass is 279 g/mol. The number of likely N-dealkylation sites (N-methyl/N-ethyl adjacent to an activating group) is 1. The quantitative estimate of drug-likeness (QED) is 0.751. The first-order chi connectivity index (χ1) is 9.53. The van der Waals surface area contributed by atoms with Gasteiger partial charge in [0.05, 0.1) is 11.6 Å². The molecule has 20 heavy (non-hydrogen) atoms. The third kappa shape index (κ3) is 3.46. The molecule has 2 heteroatoms. The van der Waals surface area contributed by atoms with Gasteiger partial charge in [-0.15, -0.1) is 0 Å². The van der Waals surface area contributed by atoms with Crippen LogP contribution in [-0.4, -0.2) is 25.3 Å². The Balaban J connectivity index is 2.19. The first-order valence-electron chi connectivity index (χ1n) is 8.53. The Kier molecular flexibility index (Phi) is 5.30. The molecule has 0 amide bonds. The van der Waals surface area contributed by atoms with Crippen LogP contribution in [0.15, 0.2) is 11.6 Å². The van der Waals surface area contributed by atoms with Crippen molar-refractivity contribution in [1.29, 1.82) is 0 Å². The van der Waals surface area contributed by atoms with E-state index in [2.05, 4.69) is 39.2 Å². The van der Waals surface area contributed by atoms with E-state index in [1.807, 2.05) is 0 Å². The molecular weight excluding hydrogens is 246 g/mol. The molecule has 2 aliphatic carbocycles. The zero-order chi connectivity index (χ0) is 14.6. The van der Waals surface area contributed by atoms with Crippen LogP contribution in [0.5, 0.6) is 0 Å². The van der Waals surface area contributed by atoms with Crippen molar-refractivity contribution in [2.24, 2.45) is 5.41 Å². The summed E-state index contributed by atoms with van der Waals surface area (Å²) in [6.45, 7) is 7.77. The largest absolute Gasteiger partial charge is 0.373 e. The zero-order valence-corrected chi connectivity index (χ0v) is 13.9. The van der Waals surface area contributed by atoms with E-state index < -0.39 is 0 Å². The molecule has 0 saturated heterocycles. The van der Waals surface area contributed by atoms with E-state index in [0.717, 1.165) is 6.61 Å². The summed E-state index contributed by atoms with van der Waals surface area (Å²) in [5.41, 5.74) is 2.12. The Morgan fingerprint density at radius 1 is 1.20 bits per heavy atom. The molecule has 0 aromatic carbocycles. The van der Waals surface area contributed by atoms with E-state index in [4.69, 9.17) is 4.74 Å². The fourth-order valence-corrected chi connectivity index (χ4v) is 4.07. The van der Waals surface area contributed by atoms with Crippen LogP contribution in [0, 0.1) is 5.41 Å². The average Bonchev–Trinajstić information content (AvgIpc) is 2.44. The summed E-state index contributed by atoms with van der Waals surface area (Å²) in [5.74, 6) is 0. The minimum Gasteiger partial charge on any atom is -0.373 e. The van der Waals surface area contributed by atoms with Gasteiger partial charge >= 0.3 is 0 Å². The summed E-state index contributed by atoms with van der Waals surface area (Å²) in [4.78, 5) is 0. The topological polar surface area (TPSA) is 21.3 Å². The second-order valence-electron chi connectivity index (χ2n) is 7.41. The smallest absolute Gasteiger partial charge is 0.0873 e. The number of ether oxygens (including phenoxy) is 1. The van der Waals surface area contributed by atoms with Crippen LogP contribution in [0.3, 0.4) is 0 Å². The van der Waals surface area contributed by atoms with Crippen LogP contribution < -0.4 is 5.32 Å². The molecule has 0 radical (unpaired) electrons. The molecule has 0 aliphatic heterocycles. The molecule has 0 aromatic rings. The van der Waals surface area contributed by atoms with Crippen molar-refractivity contribution in [2.45, 2.75) is 83.8 Å².